The maximum atomic E-state index is 8.94. The van der Waals surface area contributed by atoms with Crippen LogP contribution in [-0.2, 0) is 4.74 Å². The molecule has 0 aromatic carbocycles. The molecule has 1 aliphatic heterocycles. The number of hydrogen-bond acceptors (Lipinski definition) is 3. The SMILES string of the molecule is C=CCCC(C#N)N1CCOCC1. The predicted molar refractivity (Wildman–Crippen MR) is 51.2 cm³/mol. The lowest BCUT2D eigenvalue weighted by atomic mass is 10.1. The molecule has 1 unspecified atom stereocenters. The minimum Gasteiger partial charge on any atom is -0.379 e. The molecule has 0 bridgehead atoms. The van der Waals surface area contributed by atoms with Crippen molar-refractivity contribution in [3.8, 4) is 6.07 Å². The Morgan fingerprint density at radius 3 is 2.77 bits per heavy atom. The zero-order valence-corrected chi connectivity index (χ0v) is 7.91. The van der Waals surface area contributed by atoms with Gasteiger partial charge in [0, 0.05) is 13.1 Å². The van der Waals surface area contributed by atoms with Gasteiger partial charge in [0.1, 0.15) is 0 Å². The van der Waals surface area contributed by atoms with Crippen molar-refractivity contribution in [2.45, 2.75) is 18.9 Å². The molecule has 3 nitrogen and oxygen atoms in total. The van der Waals surface area contributed by atoms with E-state index in [-0.39, 0.29) is 6.04 Å². The molecule has 0 aromatic rings. The molecule has 1 rings (SSSR count). The Bertz CT molecular complexity index is 192. The van der Waals surface area contributed by atoms with E-state index in [4.69, 9.17) is 10.00 Å². The van der Waals surface area contributed by atoms with E-state index in [0.29, 0.717) is 0 Å². The van der Waals surface area contributed by atoms with Crippen molar-refractivity contribution in [1.82, 2.24) is 4.90 Å². The Hall–Kier alpha value is -0.850. The van der Waals surface area contributed by atoms with Crippen molar-refractivity contribution in [3.63, 3.8) is 0 Å². The average molecular weight is 180 g/mol. The third kappa shape index (κ3) is 3.17. The maximum Gasteiger partial charge on any atom is 0.0982 e. The molecule has 1 fully saturated rings. The van der Waals surface area contributed by atoms with Crippen LogP contribution in [0.25, 0.3) is 0 Å². The van der Waals surface area contributed by atoms with Gasteiger partial charge in [-0.25, -0.2) is 0 Å². The van der Waals surface area contributed by atoms with Gasteiger partial charge >= 0.3 is 0 Å². The molecule has 0 radical (unpaired) electrons. The van der Waals surface area contributed by atoms with Crippen LogP contribution in [0.4, 0.5) is 0 Å². The van der Waals surface area contributed by atoms with Crippen LogP contribution in [0.1, 0.15) is 12.8 Å². The highest BCUT2D eigenvalue weighted by molar-refractivity contribution is 4.93. The van der Waals surface area contributed by atoms with E-state index in [1.165, 1.54) is 0 Å². The lowest BCUT2D eigenvalue weighted by Gasteiger charge is -2.30. The lowest BCUT2D eigenvalue weighted by Crippen LogP contribution is -2.42. The Labute approximate surface area is 79.6 Å². The van der Waals surface area contributed by atoms with Crippen LogP contribution >= 0.6 is 0 Å². The van der Waals surface area contributed by atoms with E-state index in [0.717, 1.165) is 39.1 Å². The summed E-state index contributed by atoms with van der Waals surface area (Å²) < 4.78 is 5.23. The van der Waals surface area contributed by atoms with Crippen molar-refractivity contribution in [2.24, 2.45) is 0 Å². The van der Waals surface area contributed by atoms with Crippen LogP contribution in [0.2, 0.25) is 0 Å². The lowest BCUT2D eigenvalue weighted by molar-refractivity contribution is 0.0257. The highest BCUT2D eigenvalue weighted by Gasteiger charge is 2.19. The molecule has 72 valence electrons. The van der Waals surface area contributed by atoms with Gasteiger partial charge in [-0.3, -0.25) is 4.90 Å². The second kappa shape index (κ2) is 5.74. The number of nitriles is 1. The van der Waals surface area contributed by atoms with E-state index in [9.17, 15) is 0 Å². The fourth-order valence-corrected chi connectivity index (χ4v) is 1.49. The summed E-state index contributed by atoms with van der Waals surface area (Å²) in [6.45, 7) is 6.94. The molecule has 1 saturated heterocycles. The summed E-state index contributed by atoms with van der Waals surface area (Å²) in [7, 11) is 0. The molecular weight excluding hydrogens is 164 g/mol. The standard InChI is InChI=1S/C10H16N2O/c1-2-3-4-10(9-11)12-5-7-13-8-6-12/h2,10H,1,3-8H2. The summed E-state index contributed by atoms with van der Waals surface area (Å²) in [6, 6.07) is 2.37. The van der Waals surface area contributed by atoms with Gasteiger partial charge in [0.05, 0.1) is 25.3 Å². The number of hydrogen-bond donors (Lipinski definition) is 0. The fraction of sp³-hybridized carbons (Fsp3) is 0.700. The molecule has 3 heteroatoms. The van der Waals surface area contributed by atoms with Gasteiger partial charge in [0.2, 0.25) is 0 Å². The molecule has 0 aromatic heterocycles. The molecule has 1 heterocycles. The van der Waals surface area contributed by atoms with E-state index in [1.807, 2.05) is 6.08 Å². The van der Waals surface area contributed by atoms with Crippen LogP contribution in [0.5, 0.6) is 0 Å². The van der Waals surface area contributed by atoms with Crippen molar-refractivity contribution >= 4 is 0 Å². The molecular formula is C10H16N2O. The highest BCUT2D eigenvalue weighted by Crippen LogP contribution is 2.08. The fourth-order valence-electron chi connectivity index (χ4n) is 1.49. The molecule has 0 amide bonds. The number of rotatable bonds is 4. The first-order chi connectivity index (χ1) is 6.38. The van der Waals surface area contributed by atoms with Gasteiger partial charge in [-0.05, 0) is 12.8 Å². The topological polar surface area (TPSA) is 36.3 Å². The third-order valence-corrected chi connectivity index (χ3v) is 2.28. The Balaban J connectivity index is 2.35. The molecule has 1 atom stereocenters. The number of nitrogens with zero attached hydrogens (tertiary/aromatic N) is 2. The van der Waals surface area contributed by atoms with E-state index < -0.39 is 0 Å². The van der Waals surface area contributed by atoms with Crippen molar-refractivity contribution in [2.75, 3.05) is 26.3 Å². The number of allylic oxidation sites excluding steroid dienone is 1. The van der Waals surface area contributed by atoms with Crippen molar-refractivity contribution in [3.05, 3.63) is 12.7 Å². The monoisotopic (exact) mass is 180 g/mol. The zero-order chi connectivity index (χ0) is 9.52. The van der Waals surface area contributed by atoms with E-state index in [1.54, 1.807) is 0 Å². The minimum absolute atomic E-state index is 0.0434. The van der Waals surface area contributed by atoms with Gasteiger partial charge in [0.25, 0.3) is 0 Å². The van der Waals surface area contributed by atoms with Crippen LogP contribution in [0.3, 0.4) is 0 Å². The Kier molecular flexibility index (Phi) is 4.52. The summed E-state index contributed by atoms with van der Waals surface area (Å²) >= 11 is 0. The quantitative estimate of drug-likeness (QED) is 0.609. The normalized spacial score (nSPS) is 20.5. The molecule has 0 N–H and O–H groups in total. The molecule has 0 spiro atoms. The van der Waals surface area contributed by atoms with E-state index >= 15 is 0 Å². The summed E-state index contributed by atoms with van der Waals surface area (Å²) in [5.74, 6) is 0. The van der Waals surface area contributed by atoms with Crippen molar-refractivity contribution < 1.29 is 4.74 Å². The predicted octanol–water partition coefficient (Wildman–Crippen LogP) is 1.18. The first kappa shape index (κ1) is 10.2. The second-order valence-electron chi connectivity index (χ2n) is 3.16. The number of ether oxygens (including phenoxy) is 1. The first-order valence-corrected chi connectivity index (χ1v) is 4.71. The molecule has 13 heavy (non-hydrogen) atoms. The van der Waals surface area contributed by atoms with Gasteiger partial charge in [-0.15, -0.1) is 6.58 Å². The summed E-state index contributed by atoms with van der Waals surface area (Å²) in [5.41, 5.74) is 0. The van der Waals surface area contributed by atoms with Gasteiger partial charge in [-0.2, -0.15) is 5.26 Å². The zero-order valence-electron chi connectivity index (χ0n) is 7.91. The Morgan fingerprint density at radius 2 is 2.23 bits per heavy atom. The van der Waals surface area contributed by atoms with Gasteiger partial charge < -0.3 is 4.74 Å². The third-order valence-electron chi connectivity index (χ3n) is 2.28. The molecule has 0 saturated carbocycles. The second-order valence-corrected chi connectivity index (χ2v) is 3.16. The highest BCUT2D eigenvalue weighted by atomic mass is 16.5. The van der Waals surface area contributed by atoms with Crippen molar-refractivity contribution in [1.29, 1.82) is 5.26 Å². The van der Waals surface area contributed by atoms with Crippen LogP contribution in [0.15, 0.2) is 12.7 Å². The smallest absolute Gasteiger partial charge is 0.0982 e. The Morgan fingerprint density at radius 1 is 1.54 bits per heavy atom. The summed E-state index contributed by atoms with van der Waals surface area (Å²) in [5, 5.41) is 8.94. The summed E-state index contributed by atoms with van der Waals surface area (Å²) in [6.07, 6.45) is 3.67. The molecule has 1 aliphatic rings. The summed E-state index contributed by atoms with van der Waals surface area (Å²) in [4.78, 5) is 2.19. The minimum atomic E-state index is 0.0434. The van der Waals surface area contributed by atoms with E-state index in [2.05, 4.69) is 17.5 Å². The maximum absolute atomic E-state index is 8.94. The van der Waals surface area contributed by atoms with Crippen LogP contribution in [0, 0.1) is 11.3 Å². The first-order valence-electron chi connectivity index (χ1n) is 4.71. The largest absolute Gasteiger partial charge is 0.379 e. The van der Waals surface area contributed by atoms with Gasteiger partial charge in [0.15, 0.2) is 0 Å². The average Bonchev–Trinajstić information content (AvgIpc) is 2.21. The number of morpholine rings is 1. The van der Waals surface area contributed by atoms with Crippen LogP contribution < -0.4 is 0 Å². The van der Waals surface area contributed by atoms with Crippen LogP contribution in [-0.4, -0.2) is 37.2 Å². The molecule has 0 aliphatic carbocycles. The van der Waals surface area contributed by atoms with Gasteiger partial charge in [-0.1, -0.05) is 6.08 Å².